The maximum Gasteiger partial charge on any atom is 0.355 e. The number of aromatic amines is 1. The summed E-state index contributed by atoms with van der Waals surface area (Å²) in [6.07, 6.45) is 1.94. The summed E-state index contributed by atoms with van der Waals surface area (Å²) >= 11 is 1.56. The fourth-order valence-electron chi connectivity index (χ4n) is 2.56. The van der Waals surface area contributed by atoms with Gasteiger partial charge in [-0.3, -0.25) is 4.79 Å². The smallest absolute Gasteiger partial charge is 0.355 e. The number of H-pyrrole nitrogens is 1. The highest BCUT2D eigenvalue weighted by Gasteiger charge is 2.24. The summed E-state index contributed by atoms with van der Waals surface area (Å²) in [7, 11) is 0. The zero-order valence-electron chi connectivity index (χ0n) is 15.7. The Morgan fingerprint density at radius 1 is 1.15 bits per heavy atom. The van der Waals surface area contributed by atoms with Crippen LogP contribution in [0.2, 0.25) is 0 Å². The van der Waals surface area contributed by atoms with Crippen LogP contribution in [0.5, 0.6) is 0 Å². The van der Waals surface area contributed by atoms with E-state index in [1.54, 1.807) is 38.6 Å². The minimum Gasteiger partial charge on any atom is -0.462 e. The van der Waals surface area contributed by atoms with E-state index in [1.807, 2.05) is 24.5 Å². The molecule has 144 valence electrons. The number of rotatable bonds is 7. The summed E-state index contributed by atoms with van der Waals surface area (Å²) in [4.78, 5) is 40.1. The van der Waals surface area contributed by atoms with Gasteiger partial charge in [0.25, 0.3) is 5.91 Å². The van der Waals surface area contributed by atoms with E-state index in [2.05, 4.69) is 10.3 Å². The second kappa shape index (κ2) is 9.27. The normalized spacial score (nSPS) is 10.4. The van der Waals surface area contributed by atoms with Gasteiger partial charge in [-0.2, -0.15) is 0 Å². The van der Waals surface area contributed by atoms with Crippen LogP contribution < -0.4 is 5.32 Å². The monoisotopic (exact) mass is 390 g/mol. The number of carbonyl (C=O) groups excluding carboxylic acids is 3. The fourth-order valence-corrected chi connectivity index (χ4v) is 3.02. The van der Waals surface area contributed by atoms with Crippen molar-refractivity contribution >= 4 is 35.3 Å². The third kappa shape index (κ3) is 5.13. The molecule has 1 amide bonds. The van der Waals surface area contributed by atoms with Crippen LogP contribution >= 0.6 is 11.8 Å². The standard InChI is InChI=1S/C19H22N2O5S/c1-5-25-18(23)16-11(2)17(20-12(16)3)19(24)26-10-15(22)21-13-7-6-8-14(9-13)27-4/h6-9,20H,5,10H2,1-4H3,(H,21,22). The molecular weight excluding hydrogens is 368 g/mol. The van der Waals surface area contributed by atoms with Crippen molar-refractivity contribution in [1.82, 2.24) is 4.98 Å². The highest BCUT2D eigenvalue weighted by Crippen LogP contribution is 2.20. The molecule has 0 fully saturated rings. The molecule has 0 aliphatic heterocycles. The van der Waals surface area contributed by atoms with Gasteiger partial charge in [0.05, 0.1) is 12.2 Å². The van der Waals surface area contributed by atoms with Crippen molar-refractivity contribution in [2.24, 2.45) is 0 Å². The lowest BCUT2D eigenvalue weighted by Crippen LogP contribution is -2.21. The van der Waals surface area contributed by atoms with Gasteiger partial charge in [0, 0.05) is 16.3 Å². The van der Waals surface area contributed by atoms with Crippen LogP contribution in [0.15, 0.2) is 29.2 Å². The van der Waals surface area contributed by atoms with E-state index in [4.69, 9.17) is 9.47 Å². The molecule has 0 bridgehead atoms. The first-order valence-corrected chi connectivity index (χ1v) is 9.57. The number of anilines is 1. The Labute approximate surface area is 161 Å². The SMILES string of the molecule is CCOC(=O)c1c(C)[nH]c(C(=O)OCC(=O)Nc2cccc(SC)c2)c1C. The number of aryl methyl sites for hydroxylation is 1. The average Bonchev–Trinajstić information content (AvgIpc) is 2.94. The number of ether oxygens (including phenoxy) is 2. The van der Waals surface area contributed by atoms with E-state index in [9.17, 15) is 14.4 Å². The lowest BCUT2D eigenvalue weighted by atomic mass is 10.1. The highest BCUT2D eigenvalue weighted by atomic mass is 32.2. The van der Waals surface area contributed by atoms with Crippen LogP contribution in [0.3, 0.4) is 0 Å². The molecule has 2 rings (SSSR count). The van der Waals surface area contributed by atoms with E-state index < -0.39 is 24.5 Å². The Morgan fingerprint density at radius 3 is 2.56 bits per heavy atom. The maximum atomic E-state index is 12.3. The molecule has 0 aliphatic carbocycles. The summed E-state index contributed by atoms with van der Waals surface area (Å²) < 4.78 is 10.1. The van der Waals surface area contributed by atoms with E-state index in [0.29, 0.717) is 22.5 Å². The molecule has 0 spiro atoms. The minimum absolute atomic E-state index is 0.132. The van der Waals surface area contributed by atoms with E-state index in [-0.39, 0.29) is 12.3 Å². The van der Waals surface area contributed by atoms with Gasteiger partial charge in [-0.05, 0) is 50.8 Å². The summed E-state index contributed by atoms with van der Waals surface area (Å²) in [6, 6.07) is 7.34. The number of carbonyl (C=O) groups is 3. The Hall–Kier alpha value is -2.74. The van der Waals surface area contributed by atoms with Gasteiger partial charge in [0.1, 0.15) is 5.69 Å². The zero-order chi connectivity index (χ0) is 20.0. The molecule has 2 aromatic rings. The molecule has 27 heavy (non-hydrogen) atoms. The Kier molecular flexibility index (Phi) is 7.06. The first-order chi connectivity index (χ1) is 12.9. The van der Waals surface area contributed by atoms with E-state index in [1.165, 1.54) is 0 Å². The van der Waals surface area contributed by atoms with Crippen molar-refractivity contribution < 1.29 is 23.9 Å². The van der Waals surface area contributed by atoms with Gasteiger partial charge < -0.3 is 19.8 Å². The molecule has 8 heteroatoms. The molecule has 0 radical (unpaired) electrons. The maximum absolute atomic E-state index is 12.3. The minimum atomic E-state index is -0.709. The van der Waals surface area contributed by atoms with Gasteiger partial charge in [-0.15, -0.1) is 11.8 Å². The number of hydrogen-bond donors (Lipinski definition) is 2. The van der Waals surface area contributed by atoms with Crippen LogP contribution in [0.4, 0.5) is 5.69 Å². The first kappa shape index (κ1) is 20.6. The van der Waals surface area contributed by atoms with E-state index >= 15 is 0 Å². The molecule has 1 aromatic carbocycles. The Bertz CT molecular complexity index is 860. The van der Waals surface area contributed by atoms with Crippen molar-refractivity contribution in [3.8, 4) is 0 Å². The molecule has 0 aliphatic rings. The van der Waals surface area contributed by atoms with Gasteiger partial charge in [0.2, 0.25) is 0 Å². The molecule has 1 heterocycles. The van der Waals surface area contributed by atoms with Crippen molar-refractivity contribution in [3.05, 3.63) is 46.8 Å². The molecule has 0 saturated carbocycles. The Balaban J connectivity index is 2.00. The summed E-state index contributed by atoms with van der Waals surface area (Å²) in [6.45, 7) is 4.80. The second-order valence-electron chi connectivity index (χ2n) is 5.70. The lowest BCUT2D eigenvalue weighted by Gasteiger charge is -2.07. The van der Waals surface area contributed by atoms with Crippen LogP contribution in [0.1, 0.15) is 39.0 Å². The molecule has 0 saturated heterocycles. The molecule has 7 nitrogen and oxygen atoms in total. The number of benzene rings is 1. The number of esters is 2. The summed E-state index contributed by atoms with van der Waals surface area (Å²) in [5.74, 6) is -1.67. The predicted molar refractivity (Wildman–Crippen MR) is 103 cm³/mol. The average molecular weight is 390 g/mol. The second-order valence-corrected chi connectivity index (χ2v) is 6.58. The number of aromatic nitrogens is 1. The molecule has 0 atom stereocenters. The van der Waals surface area contributed by atoms with Crippen LogP contribution in [-0.2, 0) is 14.3 Å². The van der Waals surface area contributed by atoms with Crippen LogP contribution in [0.25, 0.3) is 0 Å². The molecule has 2 N–H and O–H groups in total. The van der Waals surface area contributed by atoms with Gasteiger partial charge in [-0.1, -0.05) is 6.07 Å². The van der Waals surface area contributed by atoms with Gasteiger partial charge >= 0.3 is 11.9 Å². The highest BCUT2D eigenvalue weighted by molar-refractivity contribution is 7.98. The Morgan fingerprint density at radius 2 is 1.89 bits per heavy atom. The van der Waals surface area contributed by atoms with Gasteiger partial charge in [0.15, 0.2) is 6.61 Å². The largest absolute Gasteiger partial charge is 0.462 e. The number of hydrogen-bond acceptors (Lipinski definition) is 6. The molecular formula is C19H22N2O5S. The van der Waals surface area contributed by atoms with Crippen molar-refractivity contribution in [3.63, 3.8) is 0 Å². The lowest BCUT2D eigenvalue weighted by molar-refractivity contribution is -0.119. The van der Waals surface area contributed by atoms with Crippen molar-refractivity contribution in [1.29, 1.82) is 0 Å². The van der Waals surface area contributed by atoms with Crippen LogP contribution in [-0.4, -0.2) is 42.3 Å². The number of nitrogens with one attached hydrogen (secondary N) is 2. The van der Waals surface area contributed by atoms with Crippen molar-refractivity contribution in [2.75, 3.05) is 24.8 Å². The fraction of sp³-hybridized carbons (Fsp3) is 0.316. The number of amides is 1. The predicted octanol–water partition coefficient (Wildman–Crippen LogP) is 3.33. The third-order valence-corrected chi connectivity index (χ3v) is 4.53. The first-order valence-electron chi connectivity index (χ1n) is 8.34. The summed E-state index contributed by atoms with van der Waals surface area (Å²) in [5, 5.41) is 2.68. The summed E-state index contributed by atoms with van der Waals surface area (Å²) in [5.41, 5.74) is 2.01. The third-order valence-electron chi connectivity index (χ3n) is 3.81. The van der Waals surface area contributed by atoms with Gasteiger partial charge in [-0.25, -0.2) is 9.59 Å². The topological polar surface area (TPSA) is 97.5 Å². The number of thioether (sulfide) groups is 1. The van der Waals surface area contributed by atoms with Crippen LogP contribution in [0, 0.1) is 13.8 Å². The van der Waals surface area contributed by atoms with E-state index in [0.717, 1.165) is 4.90 Å². The quantitative estimate of drug-likeness (QED) is 0.556. The zero-order valence-corrected chi connectivity index (χ0v) is 16.5. The molecule has 0 unspecified atom stereocenters. The molecule has 1 aromatic heterocycles. The van der Waals surface area contributed by atoms with Crippen molar-refractivity contribution in [2.45, 2.75) is 25.7 Å².